The van der Waals surface area contributed by atoms with Crippen LogP contribution in [-0.4, -0.2) is 27.4 Å². The Kier molecular flexibility index (Phi) is 3.66. The Hall–Kier alpha value is -1.91. The fraction of sp³-hybridized carbons (Fsp3) is 0.500. The lowest BCUT2D eigenvalue weighted by atomic mass is 10.2. The van der Waals surface area contributed by atoms with Gasteiger partial charge in [-0.2, -0.15) is 0 Å². The second kappa shape index (κ2) is 5.47. The monoisotopic (exact) mass is 289 g/mol. The zero-order valence-corrected chi connectivity index (χ0v) is 12.5. The summed E-state index contributed by atoms with van der Waals surface area (Å²) in [7, 11) is 1.77. The normalized spacial score (nSPS) is 15.8. The van der Waals surface area contributed by atoms with Crippen LogP contribution in [0, 0.1) is 5.82 Å². The summed E-state index contributed by atoms with van der Waals surface area (Å²) >= 11 is 0. The van der Waals surface area contributed by atoms with Gasteiger partial charge in [0.15, 0.2) is 0 Å². The second-order valence-corrected chi connectivity index (χ2v) is 5.84. The van der Waals surface area contributed by atoms with Crippen molar-refractivity contribution in [2.75, 3.05) is 7.05 Å². The van der Waals surface area contributed by atoms with Crippen molar-refractivity contribution in [3.05, 3.63) is 29.8 Å². The third-order valence-electron chi connectivity index (χ3n) is 4.33. The van der Waals surface area contributed by atoms with E-state index in [0.717, 1.165) is 24.2 Å². The van der Waals surface area contributed by atoms with Gasteiger partial charge in [-0.1, -0.05) is 12.8 Å². The number of imidazole rings is 1. The van der Waals surface area contributed by atoms with Gasteiger partial charge in [-0.15, -0.1) is 0 Å². The fourth-order valence-electron chi connectivity index (χ4n) is 3.13. The van der Waals surface area contributed by atoms with Crippen molar-refractivity contribution in [3.8, 4) is 0 Å². The average Bonchev–Trinajstić information content (AvgIpc) is 3.04. The first-order valence-electron chi connectivity index (χ1n) is 7.44. The molecular formula is C16H20FN3O. The highest BCUT2D eigenvalue weighted by molar-refractivity contribution is 5.77. The lowest BCUT2D eigenvalue weighted by molar-refractivity contribution is -0.128. The molecule has 1 saturated carbocycles. The standard InChI is InChI=1S/C16H20FN3O/c1-11(21)19(2)10-16-18-14-9-12(17)7-8-15(14)20(16)13-5-3-4-6-13/h7-9,13H,3-6,10H2,1-2H3. The third kappa shape index (κ3) is 2.64. The molecule has 0 spiro atoms. The van der Waals surface area contributed by atoms with Crippen molar-refractivity contribution in [2.45, 2.75) is 45.2 Å². The molecule has 1 amide bonds. The molecule has 5 heteroatoms. The van der Waals surface area contributed by atoms with E-state index in [1.807, 2.05) is 0 Å². The van der Waals surface area contributed by atoms with Gasteiger partial charge in [0.05, 0.1) is 17.6 Å². The van der Waals surface area contributed by atoms with E-state index in [4.69, 9.17) is 0 Å². The molecule has 1 heterocycles. The van der Waals surface area contributed by atoms with Gasteiger partial charge in [-0.3, -0.25) is 4.79 Å². The number of aromatic nitrogens is 2. The molecule has 0 aliphatic heterocycles. The predicted octanol–water partition coefficient (Wildman–Crippen LogP) is 3.27. The van der Waals surface area contributed by atoms with E-state index < -0.39 is 0 Å². The van der Waals surface area contributed by atoms with Crippen molar-refractivity contribution in [1.29, 1.82) is 0 Å². The molecule has 21 heavy (non-hydrogen) atoms. The summed E-state index contributed by atoms with van der Waals surface area (Å²) in [6.07, 6.45) is 4.68. The quantitative estimate of drug-likeness (QED) is 0.869. The largest absolute Gasteiger partial charge is 0.339 e. The number of nitrogens with zero attached hydrogens (tertiary/aromatic N) is 3. The molecule has 0 saturated heterocycles. The average molecular weight is 289 g/mol. The molecule has 0 bridgehead atoms. The fourth-order valence-corrected chi connectivity index (χ4v) is 3.13. The molecule has 1 aliphatic carbocycles. The van der Waals surface area contributed by atoms with Crippen molar-refractivity contribution in [1.82, 2.24) is 14.5 Å². The minimum Gasteiger partial charge on any atom is -0.339 e. The van der Waals surface area contributed by atoms with Crippen molar-refractivity contribution in [3.63, 3.8) is 0 Å². The molecule has 0 N–H and O–H groups in total. The Morgan fingerprint density at radius 1 is 1.43 bits per heavy atom. The lowest BCUT2D eigenvalue weighted by Crippen LogP contribution is -2.25. The Morgan fingerprint density at radius 2 is 2.14 bits per heavy atom. The van der Waals surface area contributed by atoms with E-state index in [-0.39, 0.29) is 11.7 Å². The van der Waals surface area contributed by atoms with E-state index in [9.17, 15) is 9.18 Å². The van der Waals surface area contributed by atoms with E-state index >= 15 is 0 Å². The summed E-state index contributed by atoms with van der Waals surface area (Å²) in [5.74, 6) is 0.580. The van der Waals surface area contributed by atoms with Crippen LogP contribution in [0.1, 0.15) is 44.5 Å². The van der Waals surface area contributed by atoms with Crippen molar-refractivity contribution >= 4 is 16.9 Å². The molecule has 0 atom stereocenters. The van der Waals surface area contributed by atoms with Gasteiger partial charge in [0, 0.05) is 26.1 Å². The van der Waals surface area contributed by atoms with E-state index in [1.165, 1.54) is 25.0 Å². The maximum atomic E-state index is 13.4. The first kappa shape index (κ1) is 14.0. The highest BCUT2D eigenvalue weighted by atomic mass is 19.1. The number of amides is 1. The summed E-state index contributed by atoms with van der Waals surface area (Å²) in [5, 5.41) is 0. The molecule has 4 nitrogen and oxygen atoms in total. The second-order valence-electron chi connectivity index (χ2n) is 5.84. The Balaban J connectivity index is 2.07. The van der Waals surface area contributed by atoms with Gasteiger partial charge < -0.3 is 9.47 Å². The molecule has 1 aliphatic rings. The molecule has 0 radical (unpaired) electrons. The number of benzene rings is 1. The first-order chi connectivity index (χ1) is 10.1. The number of carbonyl (C=O) groups is 1. The van der Waals surface area contributed by atoms with Gasteiger partial charge in [0.25, 0.3) is 0 Å². The molecule has 1 fully saturated rings. The Labute approximate surface area is 123 Å². The first-order valence-corrected chi connectivity index (χ1v) is 7.44. The Bertz CT molecular complexity index is 673. The van der Waals surface area contributed by atoms with Gasteiger partial charge in [0.1, 0.15) is 11.6 Å². The number of hydrogen-bond acceptors (Lipinski definition) is 2. The number of halogens is 1. The molecule has 112 valence electrons. The van der Waals surface area contributed by atoms with E-state index in [1.54, 1.807) is 24.9 Å². The molecule has 2 aromatic rings. The highest BCUT2D eigenvalue weighted by Crippen LogP contribution is 2.34. The van der Waals surface area contributed by atoms with Gasteiger partial charge in [0.2, 0.25) is 5.91 Å². The van der Waals surface area contributed by atoms with Crippen LogP contribution in [0.4, 0.5) is 4.39 Å². The number of fused-ring (bicyclic) bond motifs is 1. The minimum atomic E-state index is -0.273. The van der Waals surface area contributed by atoms with E-state index in [0.29, 0.717) is 18.1 Å². The minimum absolute atomic E-state index is 0.00575. The summed E-state index contributed by atoms with van der Waals surface area (Å²) in [6, 6.07) is 5.16. The number of rotatable bonds is 3. The zero-order chi connectivity index (χ0) is 15.0. The topological polar surface area (TPSA) is 38.1 Å². The number of hydrogen-bond donors (Lipinski definition) is 0. The molecule has 1 aromatic heterocycles. The summed E-state index contributed by atoms with van der Waals surface area (Å²) in [5.41, 5.74) is 1.64. The van der Waals surface area contributed by atoms with Crippen LogP contribution in [-0.2, 0) is 11.3 Å². The van der Waals surface area contributed by atoms with Crippen molar-refractivity contribution in [2.24, 2.45) is 0 Å². The third-order valence-corrected chi connectivity index (χ3v) is 4.33. The molecule has 1 aromatic carbocycles. The van der Waals surface area contributed by atoms with Gasteiger partial charge >= 0.3 is 0 Å². The van der Waals surface area contributed by atoms with Crippen molar-refractivity contribution < 1.29 is 9.18 Å². The lowest BCUT2D eigenvalue weighted by Gasteiger charge is -2.20. The van der Waals surface area contributed by atoms with Crippen LogP contribution in [0.5, 0.6) is 0 Å². The molecular weight excluding hydrogens is 269 g/mol. The number of carbonyl (C=O) groups excluding carboxylic acids is 1. The Morgan fingerprint density at radius 3 is 2.81 bits per heavy atom. The van der Waals surface area contributed by atoms with Crippen LogP contribution >= 0.6 is 0 Å². The maximum absolute atomic E-state index is 13.4. The molecule has 3 rings (SSSR count). The summed E-state index contributed by atoms with van der Waals surface area (Å²) in [6.45, 7) is 2.00. The van der Waals surface area contributed by atoms with Crippen LogP contribution in [0.2, 0.25) is 0 Å². The SMILES string of the molecule is CC(=O)N(C)Cc1nc2cc(F)ccc2n1C1CCCC1. The summed E-state index contributed by atoms with van der Waals surface area (Å²) < 4.78 is 15.6. The summed E-state index contributed by atoms with van der Waals surface area (Å²) in [4.78, 5) is 17.7. The van der Waals surface area contributed by atoms with Gasteiger partial charge in [-0.25, -0.2) is 9.37 Å². The van der Waals surface area contributed by atoms with Crippen LogP contribution in [0.25, 0.3) is 11.0 Å². The zero-order valence-electron chi connectivity index (χ0n) is 12.5. The maximum Gasteiger partial charge on any atom is 0.219 e. The van der Waals surface area contributed by atoms with Gasteiger partial charge in [-0.05, 0) is 25.0 Å². The van der Waals surface area contributed by atoms with Crippen LogP contribution < -0.4 is 0 Å². The smallest absolute Gasteiger partial charge is 0.219 e. The van der Waals surface area contributed by atoms with E-state index in [2.05, 4.69) is 9.55 Å². The predicted molar refractivity (Wildman–Crippen MR) is 79.3 cm³/mol. The van der Waals surface area contributed by atoms with Crippen LogP contribution in [0.15, 0.2) is 18.2 Å². The highest BCUT2D eigenvalue weighted by Gasteiger charge is 2.23. The van der Waals surface area contributed by atoms with Crippen LogP contribution in [0.3, 0.4) is 0 Å². The molecule has 0 unspecified atom stereocenters.